The molecule has 4 aromatic carbocycles. The van der Waals surface area contributed by atoms with Crippen molar-refractivity contribution in [1.29, 1.82) is 0 Å². The Morgan fingerprint density at radius 3 is 2.05 bits per heavy atom. The highest BCUT2D eigenvalue weighted by Gasteiger charge is 2.19. The summed E-state index contributed by atoms with van der Waals surface area (Å²) < 4.78 is 59.7. The number of benzene rings is 4. The molecule has 0 spiro atoms. The van der Waals surface area contributed by atoms with Crippen LogP contribution < -0.4 is 19.1 Å². The molecule has 0 bridgehead atoms. The number of hydrogen-bond donors (Lipinski definition) is 2. The molecule has 214 valence electrons. The van der Waals surface area contributed by atoms with Crippen molar-refractivity contribution >= 4 is 43.0 Å². The summed E-state index contributed by atoms with van der Waals surface area (Å²) in [6, 6.07) is 26.3. The molecule has 0 aliphatic rings. The van der Waals surface area contributed by atoms with Crippen molar-refractivity contribution in [3.63, 3.8) is 0 Å². The molecule has 11 heteroatoms. The van der Waals surface area contributed by atoms with E-state index in [2.05, 4.69) is 10.0 Å². The molecule has 41 heavy (non-hydrogen) atoms. The van der Waals surface area contributed by atoms with E-state index in [1.807, 2.05) is 19.9 Å². The topological polar surface area (TPSA) is 122 Å². The number of aryl methyl sites for hydroxylation is 1. The van der Waals surface area contributed by atoms with Crippen LogP contribution in [0.15, 0.2) is 102 Å². The molecule has 0 saturated carbocycles. The van der Waals surface area contributed by atoms with E-state index in [1.165, 1.54) is 28.6 Å². The van der Waals surface area contributed by atoms with E-state index < -0.39 is 26.0 Å². The summed E-state index contributed by atoms with van der Waals surface area (Å²) in [6.45, 7) is 4.39. The first-order valence-electron chi connectivity index (χ1n) is 12.7. The fourth-order valence-electron chi connectivity index (χ4n) is 4.03. The van der Waals surface area contributed by atoms with Gasteiger partial charge in [-0.3, -0.25) is 13.8 Å². The molecule has 0 aromatic heterocycles. The quantitative estimate of drug-likeness (QED) is 0.240. The maximum atomic E-state index is 12.8. The second-order valence-electron chi connectivity index (χ2n) is 9.35. The predicted octanol–water partition coefficient (Wildman–Crippen LogP) is 5.41. The summed E-state index contributed by atoms with van der Waals surface area (Å²) in [7, 11) is -7.37. The first kappa shape index (κ1) is 29.6. The maximum Gasteiger partial charge on any atom is 0.261 e. The SMILES string of the molecule is CCOc1ccc(NS(=O)(=O)c2ccc(NC(=O)c3ccc(CN(c4cccc(C)c4)S(C)(=O)=O)cc3)cc2)cc1. The third-order valence-corrected chi connectivity index (χ3v) is 8.61. The summed E-state index contributed by atoms with van der Waals surface area (Å²) >= 11 is 0. The number of anilines is 3. The molecule has 9 nitrogen and oxygen atoms in total. The van der Waals surface area contributed by atoms with Crippen LogP contribution in [0.1, 0.15) is 28.4 Å². The Hall–Kier alpha value is -4.35. The zero-order valence-electron chi connectivity index (χ0n) is 22.9. The first-order chi connectivity index (χ1) is 19.4. The van der Waals surface area contributed by atoms with Crippen LogP contribution in [0.25, 0.3) is 0 Å². The Bertz CT molecular complexity index is 1720. The fraction of sp³-hybridized carbons (Fsp3) is 0.167. The number of carbonyl (C=O) groups is 1. The van der Waals surface area contributed by atoms with Crippen LogP contribution in [0.3, 0.4) is 0 Å². The molecule has 4 rings (SSSR count). The summed E-state index contributed by atoms with van der Waals surface area (Å²) in [5, 5.41) is 2.75. The van der Waals surface area contributed by atoms with Crippen molar-refractivity contribution in [2.24, 2.45) is 0 Å². The van der Waals surface area contributed by atoms with Gasteiger partial charge in [-0.1, -0.05) is 24.3 Å². The van der Waals surface area contributed by atoms with Crippen molar-refractivity contribution in [3.8, 4) is 5.75 Å². The number of nitrogens with zero attached hydrogens (tertiary/aromatic N) is 1. The smallest absolute Gasteiger partial charge is 0.261 e. The van der Waals surface area contributed by atoms with Crippen LogP contribution in [0.4, 0.5) is 17.1 Å². The zero-order valence-corrected chi connectivity index (χ0v) is 24.5. The second-order valence-corrected chi connectivity index (χ2v) is 12.9. The highest BCUT2D eigenvalue weighted by Crippen LogP contribution is 2.23. The van der Waals surface area contributed by atoms with Gasteiger partial charge in [0.25, 0.3) is 15.9 Å². The van der Waals surface area contributed by atoms with Gasteiger partial charge in [0, 0.05) is 16.9 Å². The Balaban J connectivity index is 1.40. The van der Waals surface area contributed by atoms with Crippen molar-refractivity contribution in [2.75, 3.05) is 27.2 Å². The van der Waals surface area contributed by atoms with Crippen LogP contribution in [0, 0.1) is 6.92 Å². The molecule has 0 unspecified atom stereocenters. The molecular formula is C30H31N3O6S2. The number of carbonyl (C=O) groups excluding carboxylic acids is 1. The third-order valence-electron chi connectivity index (χ3n) is 6.07. The molecule has 0 saturated heterocycles. The summed E-state index contributed by atoms with van der Waals surface area (Å²) in [4.78, 5) is 12.8. The lowest BCUT2D eigenvalue weighted by Gasteiger charge is -2.23. The summed E-state index contributed by atoms with van der Waals surface area (Å²) in [6.07, 6.45) is 1.16. The van der Waals surface area contributed by atoms with Crippen LogP contribution >= 0.6 is 0 Å². The molecule has 2 N–H and O–H groups in total. The highest BCUT2D eigenvalue weighted by atomic mass is 32.2. The van der Waals surface area contributed by atoms with Gasteiger partial charge in [-0.2, -0.15) is 0 Å². The average molecular weight is 594 g/mol. The molecule has 4 aromatic rings. The molecule has 0 radical (unpaired) electrons. The molecule has 0 atom stereocenters. The van der Waals surface area contributed by atoms with Crippen molar-refractivity contribution in [1.82, 2.24) is 0 Å². The third kappa shape index (κ3) is 7.86. The second kappa shape index (κ2) is 12.4. The van der Waals surface area contributed by atoms with Crippen LogP contribution in [0.2, 0.25) is 0 Å². The van der Waals surface area contributed by atoms with Gasteiger partial charge in [-0.25, -0.2) is 16.8 Å². The summed E-state index contributed by atoms with van der Waals surface area (Å²) in [5.74, 6) is 0.252. The van der Waals surface area contributed by atoms with Gasteiger partial charge in [-0.05, 0) is 97.8 Å². The van der Waals surface area contributed by atoms with E-state index in [4.69, 9.17) is 4.74 Å². The summed E-state index contributed by atoms with van der Waals surface area (Å²) in [5.41, 5.74) is 3.40. The van der Waals surface area contributed by atoms with Crippen molar-refractivity contribution < 1.29 is 26.4 Å². The van der Waals surface area contributed by atoms with E-state index in [1.54, 1.807) is 66.7 Å². The lowest BCUT2D eigenvalue weighted by atomic mass is 10.1. The van der Waals surface area contributed by atoms with E-state index in [9.17, 15) is 21.6 Å². The molecule has 0 aliphatic carbocycles. The number of nitrogens with one attached hydrogen (secondary N) is 2. The number of sulfonamides is 2. The Kier molecular flexibility index (Phi) is 8.99. The van der Waals surface area contributed by atoms with E-state index in [0.29, 0.717) is 40.5 Å². The number of amides is 1. The van der Waals surface area contributed by atoms with Crippen molar-refractivity contribution in [3.05, 3.63) is 114 Å². The lowest BCUT2D eigenvalue weighted by Crippen LogP contribution is -2.29. The standard InChI is InChI=1S/C30H31N3O6S2/c1-4-39-28-16-12-26(13-17-28)32-41(37,38)29-18-14-25(15-19-29)31-30(34)24-10-8-23(9-11-24)21-33(40(3,35)36)27-7-5-6-22(2)20-27/h5-20,32H,4,21H2,1-3H3,(H,31,34). The van der Waals surface area contributed by atoms with Gasteiger partial charge < -0.3 is 10.1 Å². The van der Waals surface area contributed by atoms with E-state index in [0.717, 1.165) is 11.8 Å². The number of rotatable bonds is 11. The zero-order chi connectivity index (χ0) is 29.6. The van der Waals surface area contributed by atoms with Gasteiger partial charge >= 0.3 is 0 Å². The van der Waals surface area contributed by atoms with E-state index in [-0.39, 0.29) is 11.4 Å². The monoisotopic (exact) mass is 593 g/mol. The number of hydrogen-bond acceptors (Lipinski definition) is 6. The Labute approximate surface area is 240 Å². The van der Waals surface area contributed by atoms with Gasteiger partial charge in [-0.15, -0.1) is 0 Å². The van der Waals surface area contributed by atoms with Crippen LogP contribution in [-0.2, 0) is 26.6 Å². The van der Waals surface area contributed by atoms with Crippen LogP contribution in [-0.4, -0.2) is 35.6 Å². The largest absolute Gasteiger partial charge is 0.494 e. The van der Waals surface area contributed by atoms with Gasteiger partial charge in [0.05, 0.1) is 30.0 Å². The number of ether oxygens (including phenoxy) is 1. The molecular weight excluding hydrogens is 562 g/mol. The van der Waals surface area contributed by atoms with Gasteiger partial charge in [0.15, 0.2) is 0 Å². The minimum absolute atomic E-state index is 0.0396. The lowest BCUT2D eigenvalue weighted by molar-refractivity contribution is 0.102. The fourth-order valence-corrected chi connectivity index (χ4v) is 5.97. The minimum Gasteiger partial charge on any atom is -0.494 e. The predicted molar refractivity (Wildman–Crippen MR) is 161 cm³/mol. The molecule has 0 aliphatic heterocycles. The molecule has 1 amide bonds. The Morgan fingerprint density at radius 2 is 1.46 bits per heavy atom. The van der Waals surface area contributed by atoms with Crippen molar-refractivity contribution in [2.45, 2.75) is 25.3 Å². The maximum absolute atomic E-state index is 12.8. The highest BCUT2D eigenvalue weighted by molar-refractivity contribution is 7.92. The van der Waals surface area contributed by atoms with Gasteiger partial charge in [0.1, 0.15) is 5.75 Å². The minimum atomic E-state index is -3.83. The first-order valence-corrected chi connectivity index (χ1v) is 16.1. The van der Waals surface area contributed by atoms with Gasteiger partial charge in [0.2, 0.25) is 10.0 Å². The molecule has 0 fully saturated rings. The normalized spacial score (nSPS) is 11.5. The van der Waals surface area contributed by atoms with Crippen LogP contribution in [0.5, 0.6) is 5.75 Å². The average Bonchev–Trinajstić information content (AvgIpc) is 2.93. The molecule has 0 heterocycles. The van der Waals surface area contributed by atoms with E-state index >= 15 is 0 Å². The Morgan fingerprint density at radius 1 is 0.829 bits per heavy atom.